The summed E-state index contributed by atoms with van der Waals surface area (Å²) in [6.07, 6.45) is 3.63. The zero-order valence-electron chi connectivity index (χ0n) is 11.1. The van der Waals surface area contributed by atoms with E-state index in [9.17, 15) is 0 Å². The third-order valence-corrected chi connectivity index (χ3v) is 3.96. The number of rotatable bonds is 1. The van der Waals surface area contributed by atoms with Crippen molar-refractivity contribution in [2.24, 2.45) is 0 Å². The van der Waals surface area contributed by atoms with Crippen molar-refractivity contribution in [1.29, 1.82) is 0 Å². The molecule has 0 radical (unpaired) electrons. The number of nitrogens with zero attached hydrogens (tertiary/aromatic N) is 2. The van der Waals surface area contributed by atoms with E-state index < -0.39 is 0 Å². The predicted octanol–water partition coefficient (Wildman–Crippen LogP) is 5.10. The molecule has 0 bridgehead atoms. The first-order valence-corrected chi connectivity index (χ1v) is 7.09. The second kappa shape index (κ2) is 4.83. The second-order valence-corrected chi connectivity index (χ2v) is 5.32. The quantitative estimate of drug-likeness (QED) is 0.456. The van der Waals surface area contributed by atoms with Gasteiger partial charge in [0.1, 0.15) is 0 Å². The predicted molar refractivity (Wildman–Crippen MR) is 87.5 cm³/mol. The van der Waals surface area contributed by atoms with Crippen molar-refractivity contribution in [1.82, 2.24) is 9.97 Å². The Balaban J connectivity index is 2.06. The van der Waals surface area contributed by atoms with Gasteiger partial charge in [-0.3, -0.25) is 9.97 Å². The molecule has 100 valence electrons. The minimum Gasteiger partial charge on any atom is -0.256 e. The van der Waals surface area contributed by atoms with Crippen LogP contribution in [0.3, 0.4) is 0 Å². The van der Waals surface area contributed by atoms with Crippen LogP contribution < -0.4 is 0 Å². The molecule has 0 N–H and O–H groups in total. The molecule has 0 saturated heterocycles. The van der Waals surface area contributed by atoms with E-state index in [1.165, 1.54) is 0 Å². The number of hydrogen-bond acceptors (Lipinski definition) is 2. The van der Waals surface area contributed by atoms with Crippen molar-refractivity contribution in [3.8, 4) is 11.1 Å². The molecule has 2 aromatic heterocycles. The Hall–Kier alpha value is -2.45. The second-order valence-electron chi connectivity index (χ2n) is 4.91. The van der Waals surface area contributed by atoms with Crippen molar-refractivity contribution in [2.45, 2.75) is 0 Å². The van der Waals surface area contributed by atoms with Crippen molar-refractivity contribution in [2.75, 3.05) is 0 Å². The highest BCUT2D eigenvalue weighted by molar-refractivity contribution is 6.36. The van der Waals surface area contributed by atoms with Crippen LogP contribution in [0.15, 0.2) is 67.0 Å². The van der Waals surface area contributed by atoms with Crippen LogP contribution in [0, 0.1) is 0 Å². The molecule has 4 rings (SSSR count). The van der Waals surface area contributed by atoms with Crippen LogP contribution >= 0.6 is 11.6 Å². The number of fused-ring (bicyclic) bond motifs is 3. The summed E-state index contributed by atoms with van der Waals surface area (Å²) in [4.78, 5) is 9.03. The van der Waals surface area contributed by atoms with Gasteiger partial charge >= 0.3 is 0 Å². The first-order valence-electron chi connectivity index (χ1n) is 6.71. The highest BCUT2D eigenvalue weighted by Crippen LogP contribution is 2.30. The molecule has 0 saturated carbocycles. The van der Waals surface area contributed by atoms with Gasteiger partial charge in [-0.2, -0.15) is 0 Å². The largest absolute Gasteiger partial charge is 0.256 e. The minimum atomic E-state index is 0.715. The average Bonchev–Trinajstić information content (AvgIpc) is 2.55. The van der Waals surface area contributed by atoms with Gasteiger partial charge in [0, 0.05) is 28.7 Å². The normalized spacial score (nSPS) is 11.1. The van der Waals surface area contributed by atoms with Gasteiger partial charge in [0.2, 0.25) is 0 Å². The van der Waals surface area contributed by atoms with Crippen LogP contribution in [-0.4, -0.2) is 9.97 Å². The SMILES string of the molecule is Clc1ccnc2c1ccc1ncc(-c3ccccc3)cc12. The third-order valence-electron chi connectivity index (χ3n) is 3.63. The molecule has 0 unspecified atom stereocenters. The van der Waals surface area contributed by atoms with E-state index in [4.69, 9.17) is 11.6 Å². The number of benzene rings is 2. The van der Waals surface area contributed by atoms with Gasteiger partial charge in [0.05, 0.1) is 16.1 Å². The summed E-state index contributed by atoms with van der Waals surface area (Å²) >= 11 is 6.25. The Morgan fingerprint density at radius 1 is 0.762 bits per heavy atom. The molecule has 2 aromatic carbocycles. The van der Waals surface area contributed by atoms with Crippen molar-refractivity contribution < 1.29 is 0 Å². The molecule has 2 heterocycles. The number of pyridine rings is 2. The van der Waals surface area contributed by atoms with Crippen LogP contribution in [0.2, 0.25) is 5.02 Å². The van der Waals surface area contributed by atoms with Crippen molar-refractivity contribution in [3.05, 3.63) is 72.0 Å². The van der Waals surface area contributed by atoms with Gasteiger partial charge in [-0.1, -0.05) is 41.9 Å². The van der Waals surface area contributed by atoms with Gasteiger partial charge in [0.15, 0.2) is 0 Å². The summed E-state index contributed by atoms with van der Waals surface area (Å²) in [7, 11) is 0. The first kappa shape index (κ1) is 12.3. The smallest absolute Gasteiger partial charge is 0.0811 e. The zero-order chi connectivity index (χ0) is 14.2. The van der Waals surface area contributed by atoms with Crippen molar-refractivity contribution in [3.63, 3.8) is 0 Å². The zero-order valence-corrected chi connectivity index (χ0v) is 11.9. The molecule has 2 nitrogen and oxygen atoms in total. The molecular weight excluding hydrogens is 280 g/mol. The van der Waals surface area contributed by atoms with Crippen LogP contribution in [0.25, 0.3) is 32.9 Å². The summed E-state index contributed by atoms with van der Waals surface area (Å²) in [5, 5.41) is 2.70. The summed E-state index contributed by atoms with van der Waals surface area (Å²) in [6.45, 7) is 0. The van der Waals surface area contributed by atoms with Crippen LogP contribution in [-0.2, 0) is 0 Å². The molecule has 0 aliphatic rings. The Bertz CT molecular complexity index is 949. The minimum absolute atomic E-state index is 0.715. The Kier molecular flexibility index (Phi) is 2.83. The Morgan fingerprint density at radius 2 is 1.62 bits per heavy atom. The lowest BCUT2D eigenvalue weighted by atomic mass is 10.0. The van der Waals surface area contributed by atoms with Crippen LogP contribution in [0.4, 0.5) is 0 Å². The maximum Gasteiger partial charge on any atom is 0.0811 e. The van der Waals surface area contributed by atoms with Gasteiger partial charge in [-0.05, 0) is 29.8 Å². The molecular formula is C18H11ClN2. The lowest BCUT2D eigenvalue weighted by molar-refractivity contribution is 1.39. The fourth-order valence-corrected chi connectivity index (χ4v) is 2.78. The molecule has 0 aliphatic heterocycles. The van der Waals surface area contributed by atoms with Gasteiger partial charge in [-0.15, -0.1) is 0 Å². The summed E-state index contributed by atoms with van der Waals surface area (Å²) in [5.74, 6) is 0. The van der Waals surface area contributed by atoms with E-state index in [0.717, 1.165) is 32.9 Å². The average molecular weight is 291 g/mol. The third kappa shape index (κ3) is 2.05. The van der Waals surface area contributed by atoms with E-state index in [2.05, 4.69) is 28.2 Å². The lowest BCUT2D eigenvalue weighted by Crippen LogP contribution is -1.87. The topological polar surface area (TPSA) is 25.8 Å². The summed E-state index contributed by atoms with van der Waals surface area (Å²) in [5.41, 5.74) is 4.05. The highest BCUT2D eigenvalue weighted by Gasteiger charge is 2.07. The van der Waals surface area contributed by atoms with E-state index in [1.54, 1.807) is 6.20 Å². The molecule has 0 amide bonds. The van der Waals surface area contributed by atoms with Gasteiger partial charge in [-0.25, -0.2) is 0 Å². The molecule has 3 heteroatoms. The van der Waals surface area contributed by atoms with E-state index >= 15 is 0 Å². The van der Waals surface area contributed by atoms with E-state index in [-0.39, 0.29) is 0 Å². The highest BCUT2D eigenvalue weighted by atomic mass is 35.5. The van der Waals surface area contributed by atoms with Crippen LogP contribution in [0.5, 0.6) is 0 Å². The molecule has 0 fully saturated rings. The fourth-order valence-electron chi connectivity index (χ4n) is 2.57. The molecule has 21 heavy (non-hydrogen) atoms. The van der Waals surface area contributed by atoms with E-state index in [1.807, 2.05) is 42.6 Å². The maximum absolute atomic E-state index is 6.25. The standard InChI is InChI=1S/C18H11ClN2/c19-16-8-9-20-18-14(16)6-7-17-15(18)10-13(11-21-17)12-4-2-1-3-5-12/h1-11H. The number of halogens is 1. The lowest BCUT2D eigenvalue weighted by Gasteiger charge is -2.06. The molecule has 0 atom stereocenters. The maximum atomic E-state index is 6.25. The summed E-state index contributed by atoms with van der Waals surface area (Å²) in [6, 6.07) is 18.1. The number of hydrogen-bond donors (Lipinski definition) is 0. The monoisotopic (exact) mass is 290 g/mol. The Morgan fingerprint density at radius 3 is 2.48 bits per heavy atom. The first-order chi connectivity index (χ1) is 10.3. The van der Waals surface area contributed by atoms with Gasteiger partial charge in [0.25, 0.3) is 0 Å². The Labute approximate surface area is 127 Å². The van der Waals surface area contributed by atoms with Gasteiger partial charge < -0.3 is 0 Å². The number of aromatic nitrogens is 2. The summed E-state index contributed by atoms with van der Waals surface area (Å²) < 4.78 is 0. The van der Waals surface area contributed by atoms with Crippen LogP contribution in [0.1, 0.15) is 0 Å². The molecule has 0 aliphatic carbocycles. The molecule has 0 spiro atoms. The van der Waals surface area contributed by atoms with E-state index in [0.29, 0.717) is 5.02 Å². The fraction of sp³-hybridized carbons (Fsp3) is 0. The molecule has 4 aromatic rings. The van der Waals surface area contributed by atoms with Crippen molar-refractivity contribution >= 4 is 33.4 Å².